The molecule has 0 amide bonds. The first-order valence-electron chi connectivity index (χ1n) is 6.84. The first-order chi connectivity index (χ1) is 9.16. The van der Waals surface area contributed by atoms with Crippen LogP contribution in [0.4, 0.5) is 0 Å². The molecule has 108 valence electrons. The van der Waals surface area contributed by atoms with E-state index in [0.717, 1.165) is 38.8 Å². The van der Waals surface area contributed by atoms with Crippen molar-refractivity contribution in [2.24, 2.45) is 0 Å². The zero-order chi connectivity index (χ0) is 13.6. The molecule has 2 N–H and O–H groups in total. The maximum absolute atomic E-state index is 11.9. The predicted octanol–water partition coefficient (Wildman–Crippen LogP) is 0.335. The van der Waals surface area contributed by atoms with E-state index in [4.69, 9.17) is 0 Å². The lowest BCUT2D eigenvalue weighted by atomic mass is 10.1. The molecule has 19 heavy (non-hydrogen) atoms. The quantitative estimate of drug-likeness (QED) is 0.709. The highest BCUT2D eigenvalue weighted by molar-refractivity contribution is 7.89. The standard InChI is InChI=1S/C12H22N4O2S/c17-19(18,11-12-5-1-2-6-13-12)15-8-4-10-16-9-3-7-14-16/h3,7,9,12-13,15H,1-2,4-6,8,10-11H2. The normalized spacial score (nSPS) is 20.5. The molecule has 0 bridgehead atoms. The van der Waals surface area contributed by atoms with Gasteiger partial charge in [-0.05, 0) is 31.9 Å². The van der Waals surface area contributed by atoms with Crippen LogP contribution in [0.3, 0.4) is 0 Å². The molecule has 0 radical (unpaired) electrons. The molecule has 2 heterocycles. The van der Waals surface area contributed by atoms with Crippen LogP contribution in [-0.2, 0) is 16.6 Å². The van der Waals surface area contributed by atoms with Crippen LogP contribution >= 0.6 is 0 Å². The van der Waals surface area contributed by atoms with E-state index in [0.29, 0.717) is 6.54 Å². The van der Waals surface area contributed by atoms with Gasteiger partial charge in [0.1, 0.15) is 0 Å². The number of nitrogens with zero attached hydrogens (tertiary/aromatic N) is 2. The van der Waals surface area contributed by atoms with Crippen molar-refractivity contribution in [1.82, 2.24) is 19.8 Å². The van der Waals surface area contributed by atoms with E-state index >= 15 is 0 Å². The number of rotatable bonds is 7. The van der Waals surface area contributed by atoms with Crippen molar-refractivity contribution in [3.05, 3.63) is 18.5 Å². The van der Waals surface area contributed by atoms with Crippen molar-refractivity contribution in [3.8, 4) is 0 Å². The van der Waals surface area contributed by atoms with Gasteiger partial charge in [0.2, 0.25) is 10.0 Å². The van der Waals surface area contributed by atoms with Gasteiger partial charge in [0, 0.05) is 31.5 Å². The minimum atomic E-state index is -3.16. The molecule has 1 saturated heterocycles. The molecule has 0 saturated carbocycles. The van der Waals surface area contributed by atoms with E-state index in [-0.39, 0.29) is 11.8 Å². The summed E-state index contributed by atoms with van der Waals surface area (Å²) in [6.07, 6.45) is 7.56. The second-order valence-corrected chi connectivity index (χ2v) is 6.80. The second kappa shape index (κ2) is 7.02. The summed E-state index contributed by atoms with van der Waals surface area (Å²) in [5, 5.41) is 7.33. The highest BCUT2D eigenvalue weighted by Gasteiger charge is 2.20. The number of aromatic nitrogens is 2. The summed E-state index contributed by atoms with van der Waals surface area (Å²) in [4.78, 5) is 0. The van der Waals surface area contributed by atoms with Gasteiger partial charge in [-0.1, -0.05) is 6.42 Å². The number of aryl methyl sites for hydroxylation is 1. The van der Waals surface area contributed by atoms with Gasteiger partial charge in [0.25, 0.3) is 0 Å². The highest BCUT2D eigenvalue weighted by Crippen LogP contribution is 2.08. The first kappa shape index (κ1) is 14.5. The van der Waals surface area contributed by atoms with E-state index in [2.05, 4.69) is 15.1 Å². The summed E-state index contributed by atoms with van der Waals surface area (Å²) in [6.45, 7) is 2.13. The summed E-state index contributed by atoms with van der Waals surface area (Å²) in [5.41, 5.74) is 0. The van der Waals surface area contributed by atoms with Gasteiger partial charge in [-0.2, -0.15) is 5.10 Å². The molecule has 1 atom stereocenters. The molecule has 1 fully saturated rings. The van der Waals surface area contributed by atoms with Gasteiger partial charge in [0.15, 0.2) is 0 Å². The van der Waals surface area contributed by atoms with Crippen LogP contribution in [-0.4, -0.2) is 43.1 Å². The number of hydrogen-bond acceptors (Lipinski definition) is 4. The van der Waals surface area contributed by atoms with Crippen LogP contribution in [0.1, 0.15) is 25.7 Å². The Morgan fingerprint density at radius 2 is 2.32 bits per heavy atom. The monoisotopic (exact) mass is 286 g/mol. The van der Waals surface area contributed by atoms with Crippen LogP contribution < -0.4 is 10.0 Å². The number of nitrogens with one attached hydrogen (secondary N) is 2. The average molecular weight is 286 g/mol. The molecule has 1 aliphatic heterocycles. The molecule has 1 aromatic rings. The van der Waals surface area contributed by atoms with Crippen molar-refractivity contribution >= 4 is 10.0 Å². The lowest BCUT2D eigenvalue weighted by Crippen LogP contribution is -2.42. The van der Waals surface area contributed by atoms with Crippen molar-refractivity contribution in [3.63, 3.8) is 0 Å². The first-order valence-corrected chi connectivity index (χ1v) is 8.49. The summed E-state index contributed by atoms with van der Waals surface area (Å²) in [6, 6.07) is 1.97. The van der Waals surface area contributed by atoms with E-state index in [1.807, 2.05) is 12.3 Å². The van der Waals surface area contributed by atoms with E-state index in [1.165, 1.54) is 0 Å². The van der Waals surface area contributed by atoms with Gasteiger partial charge >= 0.3 is 0 Å². The van der Waals surface area contributed by atoms with Gasteiger partial charge < -0.3 is 5.32 Å². The van der Waals surface area contributed by atoms with Crippen LogP contribution in [0.5, 0.6) is 0 Å². The van der Waals surface area contributed by atoms with Crippen molar-refractivity contribution in [1.29, 1.82) is 0 Å². The zero-order valence-corrected chi connectivity index (χ0v) is 11.9. The third-order valence-electron chi connectivity index (χ3n) is 3.28. The Morgan fingerprint density at radius 3 is 3.00 bits per heavy atom. The van der Waals surface area contributed by atoms with Crippen LogP contribution in [0.2, 0.25) is 0 Å². The lowest BCUT2D eigenvalue weighted by molar-refractivity contribution is 0.422. The van der Waals surface area contributed by atoms with Gasteiger partial charge in [-0.25, -0.2) is 13.1 Å². The van der Waals surface area contributed by atoms with E-state index < -0.39 is 10.0 Å². The molecule has 7 heteroatoms. The molecule has 0 aromatic carbocycles. The Kier molecular flexibility index (Phi) is 5.35. The zero-order valence-electron chi connectivity index (χ0n) is 11.1. The summed E-state index contributed by atoms with van der Waals surface area (Å²) >= 11 is 0. The number of piperidine rings is 1. The van der Waals surface area contributed by atoms with Crippen LogP contribution in [0.15, 0.2) is 18.5 Å². The Morgan fingerprint density at radius 1 is 1.42 bits per heavy atom. The van der Waals surface area contributed by atoms with Gasteiger partial charge in [-0.15, -0.1) is 0 Å². The number of hydrogen-bond donors (Lipinski definition) is 2. The summed E-state index contributed by atoms with van der Waals surface area (Å²) < 4.78 is 28.2. The Bertz CT molecular complexity index is 452. The minimum Gasteiger partial charge on any atom is -0.313 e. The third kappa shape index (κ3) is 5.30. The van der Waals surface area contributed by atoms with Crippen molar-refractivity contribution in [2.45, 2.75) is 38.3 Å². The molecule has 6 nitrogen and oxygen atoms in total. The molecule has 0 aliphatic carbocycles. The minimum absolute atomic E-state index is 0.109. The Hall–Kier alpha value is -0.920. The fraction of sp³-hybridized carbons (Fsp3) is 0.750. The maximum atomic E-state index is 11.9. The van der Waals surface area contributed by atoms with Crippen LogP contribution in [0.25, 0.3) is 0 Å². The average Bonchev–Trinajstić information content (AvgIpc) is 2.88. The maximum Gasteiger partial charge on any atom is 0.213 e. The second-order valence-electron chi connectivity index (χ2n) is 4.95. The third-order valence-corrected chi connectivity index (χ3v) is 4.76. The fourth-order valence-electron chi connectivity index (χ4n) is 2.29. The van der Waals surface area contributed by atoms with E-state index in [1.54, 1.807) is 10.9 Å². The SMILES string of the molecule is O=S(=O)(CC1CCCCN1)NCCCn1cccn1. The molecule has 1 aliphatic rings. The highest BCUT2D eigenvalue weighted by atomic mass is 32.2. The van der Waals surface area contributed by atoms with Gasteiger partial charge in [-0.3, -0.25) is 4.68 Å². The van der Waals surface area contributed by atoms with E-state index in [9.17, 15) is 8.42 Å². The molecule has 1 unspecified atom stereocenters. The summed E-state index contributed by atoms with van der Waals surface area (Å²) in [5.74, 6) is 0.189. The molecular weight excluding hydrogens is 264 g/mol. The Balaban J connectivity index is 1.65. The molecule has 1 aromatic heterocycles. The molecule has 2 rings (SSSR count). The van der Waals surface area contributed by atoms with Gasteiger partial charge in [0.05, 0.1) is 5.75 Å². The summed E-state index contributed by atoms with van der Waals surface area (Å²) in [7, 11) is -3.16. The Labute approximate surface area is 114 Å². The predicted molar refractivity (Wildman–Crippen MR) is 74.3 cm³/mol. The topological polar surface area (TPSA) is 76.0 Å². The number of sulfonamides is 1. The van der Waals surface area contributed by atoms with Crippen LogP contribution in [0, 0.1) is 0 Å². The largest absolute Gasteiger partial charge is 0.313 e. The fourth-order valence-corrected chi connectivity index (χ4v) is 3.68. The van der Waals surface area contributed by atoms with Crippen molar-refractivity contribution < 1.29 is 8.42 Å². The molecular formula is C12H22N4O2S. The molecule has 0 spiro atoms. The smallest absolute Gasteiger partial charge is 0.213 e. The lowest BCUT2D eigenvalue weighted by Gasteiger charge is -2.23. The van der Waals surface area contributed by atoms with Crippen molar-refractivity contribution in [2.75, 3.05) is 18.8 Å².